The molecule has 106 valence electrons. The lowest BCUT2D eigenvalue weighted by molar-refractivity contribution is 0.178. The third kappa shape index (κ3) is 3.37. The summed E-state index contributed by atoms with van der Waals surface area (Å²) in [6.07, 6.45) is 0. The lowest BCUT2D eigenvalue weighted by atomic mass is 10.3. The number of hydrogen-bond donors (Lipinski definition) is 3. The van der Waals surface area contributed by atoms with Gasteiger partial charge in [0.1, 0.15) is 18.2 Å². The standard InChI is InChI=1S/C12H13F2N5O/c1-20-6-12-17-10(5-11(18-12)19-15)16-7-2-3-8(13)9(14)4-7/h2-5H,6,15H2,1H3,(H2,16,17,18,19). The Hall–Kier alpha value is -2.32. The van der Waals surface area contributed by atoms with E-state index in [9.17, 15) is 8.78 Å². The third-order valence-corrected chi connectivity index (χ3v) is 2.39. The van der Waals surface area contributed by atoms with Crippen molar-refractivity contribution in [1.82, 2.24) is 9.97 Å². The predicted octanol–water partition coefficient (Wildman–Crippen LogP) is 1.93. The second kappa shape index (κ2) is 6.22. The molecule has 4 N–H and O–H groups in total. The van der Waals surface area contributed by atoms with Crippen LogP contribution in [0.2, 0.25) is 0 Å². The van der Waals surface area contributed by atoms with E-state index in [1.54, 1.807) is 0 Å². The van der Waals surface area contributed by atoms with Crippen LogP contribution in [0.5, 0.6) is 0 Å². The number of aromatic nitrogens is 2. The minimum absolute atomic E-state index is 0.196. The highest BCUT2D eigenvalue weighted by molar-refractivity contribution is 5.59. The first-order valence-corrected chi connectivity index (χ1v) is 5.68. The number of hydrazine groups is 1. The number of nitrogen functional groups attached to an aromatic ring is 1. The highest BCUT2D eigenvalue weighted by Crippen LogP contribution is 2.19. The van der Waals surface area contributed by atoms with Gasteiger partial charge in [0.15, 0.2) is 17.5 Å². The van der Waals surface area contributed by atoms with Crippen molar-refractivity contribution < 1.29 is 13.5 Å². The molecular weight excluding hydrogens is 268 g/mol. The van der Waals surface area contributed by atoms with Gasteiger partial charge < -0.3 is 15.5 Å². The van der Waals surface area contributed by atoms with E-state index in [1.807, 2.05) is 0 Å². The van der Waals surface area contributed by atoms with Gasteiger partial charge in [-0.3, -0.25) is 0 Å². The van der Waals surface area contributed by atoms with E-state index in [-0.39, 0.29) is 6.61 Å². The first-order valence-electron chi connectivity index (χ1n) is 5.68. The van der Waals surface area contributed by atoms with Crippen LogP contribution in [0.1, 0.15) is 5.82 Å². The number of nitrogens with one attached hydrogen (secondary N) is 2. The predicted molar refractivity (Wildman–Crippen MR) is 70.2 cm³/mol. The monoisotopic (exact) mass is 281 g/mol. The van der Waals surface area contributed by atoms with Crippen LogP contribution in [0, 0.1) is 11.6 Å². The number of anilines is 3. The molecule has 6 nitrogen and oxygen atoms in total. The van der Waals surface area contributed by atoms with Crippen LogP contribution in [0.15, 0.2) is 24.3 Å². The molecule has 0 radical (unpaired) electrons. The Morgan fingerprint density at radius 3 is 2.55 bits per heavy atom. The van der Waals surface area contributed by atoms with Crippen LogP contribution >= 0.6 is 0 Å². The Balaban J connectivity index is 2.27. The van der Waals surface area contributed by atoms with Crippen molar-refractivity contribution in [1.29, 1.82) is 0 Å². The molecule has 0 fully saturated rings. The van der Waals surface area contributed by atoms with Crippen LogP contribution in [0.25, 0.3) is 0 Å². The Kier molecular flexibility index (Phi) is 4.38. The molecule has 0 saturated carbocycles. The number of nitrogens with zero attached hydrogens (tertiary/aromatic N) is 2. The summed E-state index contributed by atoms with van der Waals surface area (Å²) in [6.45, 7) is 0.196. The third-order valence-electron chi connectivity index (χ3n) is 2.39. The Labute approximate surface area is 114 Å². The Morgan fingerprint density at radius 2 is 1.90 bits per heavy atom. The summed E-state index contributed by atoms with van der Waals surface area (Å²) in [6, 6.07) is 4.98. The zero-order valence-corrected chi connectivity index (χ0v) is 10.7. The van der Waals surface area contributed by atoms with Gasteiger partial charge in [0, 0.05) is 24.9 Å². The molecule has 0 aliphatic heterocycles. The number of ether oxygens (including phenoxy) is 1. The normalized spacial score (nSPS) is 10.4. The van der Waals surface area contributed by atoms with Crippen molar-refractivity contribution >= 4 is 17.3 Å². The molecule has 0 amide bonds. The Bertz CT molecular complexity index is 608. The Morgan fingerprint density at radius 1 is 1.15 bits per heavy atom. The summed E-state index contributed by atoms with van der Waals surface area (Å²) < 4.78 is 30.9. The highest BCUT2D eigenvalue weighted by Gasteiger charge is 2.06. The molecule has 0 bridgehead atoms. The van der Waals surface area contributed by atoms with Crippen molar-refractivity contribution in [2.75, 3.05) is 17.9 Å². The number of nitrogens with two attached hydrogens (primary N) is 1. The smallest absolute Gasteiger partial charge is 0.160 e. The van der Waals surface area contributed by atoms with Crippen LogP contribution in [-0.2, 0) is 11.3 Å². The fourth-order valence-electron chi connectivity index (χ4n) is 1.55. The molecule has 0 spiro atoms. The zero-order chi connectivity index (χ0) is 14.5. The molecular formula is C12H13F2N5O. The van der Waals surface area contributed by atoms with Gasteiger partial charge >= 0.3 is 0 Å². The number of methoxy groups -OCH3 is 1. The van der Waals surface area contributed by atoms with E-state index < -0.39 is 11.6 Å². The molecule has 0 atom stereocenters. The van der Waals surface area contributed by atoms with Gasteiger partial charge in [0.05, 0.1) is 0 Å². The second-order valence-electron chi connectivity index (χ2n) is 3.89. The molecule has 2 rings (SSSR count). The first-order chi connectivity index (χ1) is 9.62. The van der Waals surface area contributed by atoms with Gasteiger partial charge in [-0.25, -0.2) is 24.6 Å². The maximum absolute atomic E-state index is 13.1. The van der Waals surface area contributed by atoms with Crippen molar-refractivity contribution in [2.45, 2.75) is 6.61 Å². The number of hydrogen-bond acceptors (Lipinski definition) is 6. The number of halogens is 2. The fourth-order valence-corrected chi connectivity index (χ4v) is 1.55. The van der Waals surface area contributed by atoms with E-state index in [2.05, 4.69) is 20.7 Å². The molecule has 1 aromatic carbocycles. The summed E-state index contributed by atoms with van der Waals surface area (Å²) >= 11 is 0. The van der Waals surface area contributed by atoms with Crippen molar-refractivity contribution in [3.63, 3.8) is 0 Å². The second-order valence-corrected chi connectivity index (χ2v) is 3.89. The molecule has 0 aliphatic rings. The van der Waals surface area contributed by atoms with Crippen molar-refractivity contribution in [3.05, 3.63) is 41.7 Å². The zero-order valence-electron chi connectivity index (χ0n) is 10.7. The van der Waals surface area contributed by atoms with Gasteiger partial charge in [-0.15, -0.1) is 0 Å². The molecule has 2 aromatic rings. The molecule has 1 aromatic heterocycles. The molecule has 8 heteroatoms. The van der Waals surface area contributed by atoms with E-state index in [0.29, 0.717) is 23.1 Å². The number of benzene rings is 1. The lowest BCUT2D eigenvalue weighted by Gasteiger charge is -2.09. The van der Waals surface area contributed by atoms with E-state index in [4.69, 9.17) is 10.6 Å². The first kappa shape index (κ1) is 14.1. The van der Waals surface area contributed by atoms with E-state index in [0.717, 1.165) is 12.1 Å². The fraction of sp³-hybridized carbons (Fsp3) is 0.167. The average Bonchev–Trinajstić information content (AvgIpc) is 2.43. The van der Waals surface area contributed by atoms with Crippen LogP contribution in [0.4, 0.5) is 26.1 Å². The van der Waals surface area contributed by atoms with E-state index in [1.165, 1.54) is 19.2 Å². The molecule has 0 saturated heterocycles. The van der Waals surface area contributed by atoms with Crippen molar-refractivity contribution in [3.8, 4) is 0 Å². The molecule has 1 heterocycles. The van der Waals surface area contributed by atoms with Gasteiger partial charge in [-0.05, 0) is 12.1 Å². The summed E-state index contributed by atoms with van der Waals surface area (Å²) in [5, 5.41) is 2.84. The van der Waals surface area contributed by atoms with E-state index >= 15 is 0 Å². The molecule has 20 heavy (non-hydrogen) atoms. The largest absolute Gasteiger partial charge is 0.377 e. The van der Waals surface area contributed by atoms with Crippen LogP contribution < -0.4 is 16.6 Å². The molecule has 0 unspecified atom stereocenters. The van der Waals surface area contributed by atoms with Crippen LogP contribution in [0.3, 0.4) is 0 Å². The van der Waals surface area contributed by atoms with Gasteiger partial charge in [0.2, 0.25) is 0 Å². The maximum Gasteiger partial charge on any atom is 0.160 e. The highest BCUT2D eigenvalue weighted by atomic mass is 19.2. The summed E-state index contributed by atoms with van der Waals surface area (Å²) in [5.74, 6) is 4.59. The quantitative estimate of drug-likeness (QED) is 0.573. The molecule has 0 aliphatic carbocycles. The lowest BCUT2D eigenvalue weighted by Crippen LogP contribution is -2.11. The summed E-state index contributed by atoms with van der Waals surface area (Å²) in [5.41, 5.74) is 2.75. The average molecular weight is 281 g/mol. The SMILES string of the molecule is COCc1nc(NN)cc(Nc2ccc(F)c(F)c2)n1. The number of rotatable bonds is 5. The minimum atomic E-state index is -0.946. The van der Waals surface area contributed by atoms with Crippen molar-refractivity contribution in [2.24, 2.45) is 5.84 Å². The van der Waals surface area contributed by atoms with Gasteiger partial charge in [0.25, 0.3) is 0 Å². The van der Waals surface area contributed by atoms with Crippen LogP contribution in [-0.4, -0.2) is 17.1 Å². The summed E-state index contributed by atoms with van der Waals surface area (Å²) in [7, 11) is 1.51. The minimum Gasteiger partial charge on any atom is -0.377 e. The topological polar surface area (TPSA) is 85.1 Å². The van der Waals surface area contributed by atoms with Gasteiger partial charge in [-0.2, -0.15) is 0 Å². The van der Waals surface area contributed by atoms with Gasteiger partial charge in [-0.1, -0.05) is 0 Å². The summed E-state index contributed by atoms with van der Waals surface area (Å²) in [4.78, 5) is 8.23. The maximum atomic E-state index is 13.1.